The zero-order valence-corrected chi connectivity index (χ0v) is 12.8. The van der Waals surface area contributed by atoms with Crippen molar-refractivity contribution in [3.63, 3.8) is 0 Å². The standard InChI is InChI=1S/C16H12F6N2O2/c17-15(18,19)14(26,16(20,21)22)10-6-8-12(9-7-10)24-13(25)23-11-4-2-1-3-5-11/h1-9,26H,(H2,23,24,25). The van der Waals surface area contributed by atoms with Gasteiger partial charge in [-0.25, -0.2) is 4.79 Å². The van der Waals surface area contributed by atoms with E-state index in [2.05, 4.69) is 10.6 Å². The number of para-hydroxylation sites is 1. The Bertz CT molecular complexity index is 743. The second-order valence-corrected chi connectivity index (χ2v) is 5.23. The van der Waals surface area contributed by atoms with Gasteiger partial charge >= 0.3 is 18.4 Å². The zero-order chi connectivity index (χ0) is 19.6. The Morgan fingerprint density at radius 3 is 1.58 bits per heavy atom. The minimum Gasteiger partial charge on any atom is -0.369 e. The van der Waals surface area contributed by atoms with Crippen molar-refractivity contribution >= 4 is 17.4 Å². The van der Waals surface area contributed by atoms with Crippen molar-refractivity contribution in [1.82, 2.24) is 0 Å². The molecule has 0 aromatic heterocycles. The highest BCUT2D eigenvalue weighted by molar-refractivity contribution is 5.99. The van der Waals surface area contributed by atoms with E-state index in [1.165, 1.54) is 0 Å². The molecule has 0 saturated heterocycles. The molecule has 0 radical (unpaired) electrons. The van der Waals surface area contributed by atoms with E-state index in [-0.39, 0.29) is 5.69 Å². The van der Waals surface area contributed by atoms with E-state index in [4.69, 9.17) is 0 Å². The summed E-state index contributed by atoms with van der Waals surface area (Å²) < 4.78 is 76.7. The van der Waals surface area contributed by atoms with Gasteiger partial charge in [0.2, 0.25) is 0 Å². The van der Waals surface area contributed by atoms with E-state index < -0.39 is 29.5 Å². The summed E-state index contributed by atoms with van der Waals surface area (Å²) >= 11 is 0. The molecule has 3 N–H and O–H groups in total. The summed E-state index contributed by atoms with van der Waals surface area (Å²) in [4.78, 5) is 11.8. The van der Waals surface area contributed by atoms with Crippen LogP contribution in [0.5, 0.6) is 0 Å². The number of amides is 2. The average molecular weight is 378 g/mol. The Morgan fingerprint density at radius 1 is 0.731 bits per heavy atom. The number of hydrogen-bond acceptors (Lipinski definition) is 2. The van der Waals surface area contributed by atoms with Crippen molar-refractivity contribution in [2.75, 3.05) is 10.6 Å². The first-order chi connectivity index (χ1) is 11.9. The SMILES string of the molecule is O=C(Nc1ccccc1)Nc1ccc(C(O)(C(F)(F)F)C(F)(F)F)cc1. The molecule has 0 unspecified atom stereocenters. The molecule has 0 fully saturated rings. The number of halogens is 6. The van der Waals surface area contributed by atoms with Gasteiger partial charge < -0.3 is 15.7 Å². The van der Waals surface area contributed by atoms with Crippen LogP contribution < -0.4 is 10.6 Å². The van der Waals surface area contributed by atoms with E-state index in [1.54, 1.807) is 30.3 Å². The van der Waals surface area contributed by atoms with Crippen LogP contribution in [-0.4, -0.2) is 23.5 Å². The molecule has 2 amide bonds. The lowest BCUT2D eigenvalue weighted by Crippen LogP contribution is -2.53. The quantitative estimate of drug-likeness (QED) is 0.682. The number of aliphatic hydroxyl groups is 1. The number of benzene rings is 2. The Morgan fingerprint density at radius 2 is 1.15 bits per heavy atom. The van der Waals surface area contributed by atoms with Gasteiger partial charge in [0.1, 0.15) is 0 Å². The molecular weight excluding hydrogens is 366 g/mol. The van der Waals surface area contributed by atoms with Crippen LogP contribution in [0, 0.1) is 0 Å². The van der Waals surface area contributed by atoms with Crippen LogP contribution in [-0.2, 0) is 5.60 Å². The van der Waals surface area contributed by atoms with Gasteiger partial charge in [-0.05, 0) is 24.3 Å². The van der Waals surface area contributed by atoms with Crippen molar-refractivity contribution in [3.8, 4) is 0 Å². The van der Waals surface area contributed by atoms with Crippen LogP contribution in [0.15, 0.2) is 54.6 Å². The molecule has 0 saturated carbocycles. The summed E-state index contributed by atoms with van der Waals surface area (Å²) in [6.07, 6.45) is -11.9. The lowest BCUT2D eigenvalue weighted by Gasteiger charge is -2.32. The molecule has 0 heterocycles. The molecular formula is C16H12F6N2O2. The van der Waals surface area contributed by atoms with Crippen LogP contribution >= 0.6 is 0 Å². The third kappa shape index (κ3) is 3.90. The number of nitrogens with one attached hydrogen (secondary N) is 2. The number of hydrogen-bond donors (Lipinski definition) is 3. The van der Waals surface area contributed by atoms with Crippen molar-refractivity contribution in [1.29, 1.82) is 0 Å². The molecule has 0 bridgehead atoms. The molecule has 4 nitrogen and oxygen atoms in total. The summed E-state index contributed by atoms with van der Waals surface area (Å²) in [5.41, 5.74) is -6.05. The second kappa shape index (κ2) is 6.87. The topological polar surface area (TPSA) is 61.4 Å². The lowest BCUT2D eigenvalue weighted by atomic mass is 9.92. The zero-order valence-electron chi connectivity index (χ0n) is 12.8. The first-order valence-corrected chi connectivity index (χ1v) is 7.04. The molecule has 10 heteroatoms. The van der Waals surface area contributed by atoms with Crippen molar-refractivity contribution in [3.05, 3.63) is 60.2 Å². The van der Waals surface area contributed by atoms with Crippen molar-refractivity contribution in [2.45, 2.75) is 18.0 Å². The molecule has 2 aromatic carbocycles. The second-order valence-electron chi connectivity index (χ2n) is 5.23. The van der Waals surface area contributed by atoms with Crippen LogP contribution in [0.1, 0.15) is 5.56 Å². The van der Waals surface area contributed by atoms with Crippen LogP contribution in [0.3, 0.4) is 0 Å². The van der Waals surface area contributed by atoms with E-state index in [0.29, 0.717) is 17.8 Å². The normalized spacial score (nSPS) is 12.6. The maximum absolute atomic E-state index is 12.8. The van der Waals surface area contributed by atoms with E-state index in [1.807, 2.05) is 0 Å². The van der Waals surface area contributed by atoms with E-state index >= 15 is 0 Å². The van der Waals surface area contributed by atoms with Gasteiger partial charge in [0.25, 0.3) is 5.60 Å². The number of carbonyl (C=O) groups is 1. The largest absolute Gasteiger partial charge is 0.430 e. The number of urea groups is 1. The number of rotatable bonds is 3. The summed E-state index contributed by atoms with van der Waals surface area (Å²) in [5.74, 6) is 0. The Kier molecular flexibility index (Phi) is 5.17. The summed E-state index contributed by atoms with van der Waals surface area (Å²) in [7, 11) is 0. The molecule has 0 aliphatic carbocycles. The maximum atomic E-state index is 12.8. The molecule has 0 spiro atoms. The van der Waals surface area contributed by atoms with Gasteiger partial charge in [-0.1, -0.05) is 30.3 Å². The van der Waals surface area contributed by atoms with Crippen LogP contribution in [0.4, 0.5) is 42.5 Å². The lowest BCUT2D eigenvalue weighted by molar-refractivity contribution is -0.376. The number of alkyl halides is 6. The van der Waals surface area contributed by atoms with E-state index in [0.717, 1.165) is 12.1 Å². The summed E-state index contributed by atoms with van der Waals surface area (Å²) in [6.45, 7) is 0. The van der Waals surface area contributed by atoms with Crippen molar-refractivity contribution < 1.29 is 36.2 Å². The van der Waals surface area contributed by atoms with Gasteiger partial charge in [0.15, 0.2) is 0 Å². The van der Waals surface area contributed by atoms with Gasteiger partial charge in [0.05, 0.1) is 0 Å². The third-order valence-corrected chi connectivity index (χ3v) is 3.41. The Hall–Kier alpha value is -2.75. The van der Waals surface area contributed by atoms with Gasteiger partial charge in [-0.3, -0.25) is 0 Å². The highest BCUT2D eigenvalue weighted by Gasteiger charge is 2.71. The first-order valence-electron chi connectivity index (χ1n) is 7.04. The predicted molar refractivity (Wildman–Crippen MR) is 81.5 cm³/mol. The molecule has 2 rings (SSSR count). The van der Waals surface area contributed by atoms with Gasteiger partial charge in [-0.2, -0.15) is 26.3 Å². The molecule has 0 atom stereocenters. The fraction of sp³-hybridized carbons (Fsp3) is 0.188. The summed E-state index contributed by atoms with van der Waals surface area (Å²) in [6, 6.07) is 9.96. The number of anilines is 2. The molecule has 26 heavy (non-hydrogen) atoms. The monoisotopic (exact) mass is 378 g/mol. The third-order valence-electron chi connectivity index (χ3n) is 3.41. The Balaban J connectivity index is 2.18. The fourth-order valence-corrected chi connectivity index (χ4v) is 2.10. The molecule has 140 valence electrons. The maximum Gasteiger partial charge on any atom is 0.430 e. The predicted octanol–water partition coefficient (Wildman–Crippen LogP) is 4.64. The van der Waals surface area contributed by atoms with Gasteiger partial charge in [0, 0.05) is 16.9 Å². The van der Waals surface area contributed by atoms with Crippen LogP contribution in [0.2, 0.25) is 0 Å². The minimum absolute atomic E-state index is 0.0612. The fourth-order valence-electron chi connectivity index (χ4n) is 2.10. The molecule has 2 aromatic rings. The molecule has 0 aliphatic rings. The first kappa shape index (κ1) is 19.6. The summed E-state index contributed by atoms with van der Waals surface area (Å²) in [5, 5.41) is 14.0. The minimum atomic E-state index is -5.97. The smallest absolute Gasteiger partial charge is 0.369 e. The van der Waals surface area contributed by atoms with Crippen LogP contribution in [0.25, 0.3) is 0 Å². The van der Waals surface area contributed by atoms with E-state index in [9.17, 15) is 36.2 Å². The van der Waals surface area contributed by atoms with Gasteiger partial charge in [-0.15, -0.1) is 0 Å². The van der Waals surface area contributed by atoms with Crippen molar-refractivity contribution in [2.24, 2.45) is 0 Å². The molecule has 0 aliphatic heterocycles. The Labute approximate surface area is 143 Å². The highest BCUT2D eigenvalue weighted by atomic mass is 19.4. The number of carbonyl (C=O) groups excluding carboxylic acids is 1. The average Bonchev–Trinajstić information content (AvgIpc) is 2.53. The highest BCUT2D eigenvalue weighted by Crippen LogP contribution is 2.50.